The first-order valence-electron chi connectivity index (χ1n) is 6.43. The van der Waals surface area contributed by atoms with Crippen molar-refractivity contribution in [1.29, 1.82) is 0 Å². The fraction of sp³-hybridized carbons (Fsp3) is 0.846. The Morgan fingerprint density at radius 2 is 1.65 bits per heavy atom. The summed E-state index contributed by atoms with van der Waals surface area (Å²) in [6, 6.07) is 0. The van der Waals surface area contributed by atoms with Gasteiger partial charge in [-0.25, -0.2) is 0 Å². The second-order valence-corrected chi connectivity index (χ2v) is 7.88. The molecule has 2 nitrogen and oxygen atoms in total. The maximum absolute atomic E-state index is 5.95. The number of rotatable bonds is 2. The zero-order chi connectivity index (χ0) is 12.7. The summed E-state index contributed by atoms with van der Waals surface area (Å²) in [5.41, 5.74) is -0.461. The Morgan fingerprint density at radius 1 is 1.06 bits per heavy atom. The molecule has 96 valence electrons. The van der Waals surface area contributed by atoms with Crippen LogP contribution in [0.3, 0.4) is 0 Å². The van der Waals surface area contributed by atoms with Gasteiger partial charge in [0.25, 0.3) is 0 Å². The first-order valence-corrected chi connectivity index (χ1v) is 7.42. The number of hydrogen-bond acceptors (Lipinski definition) is 3. The summed E-state index contributed by atoms with van der Waals surface area (Å²) in [4.78, 5) is 0. The van der Waals surface area contributed by atoms with E-state index in [-0.39, 0.29) is 23.1 Å². The molecule has 2 saturated heterocycles. The lowest BCUT2D eigenvalue weighted by Gasteiger charge is -2.32. The molecule has 0 aromatic carbocycles. The van der Waals surface area contributed by atoms with Crippen molar-refractivity contribution in [2.75, 3.05) is 5.75 Å². The molecule has 4 heteroatoms. The summed E-state index contributed by atoms with van der Waals surface area (Å²) >= 11 is 2.03. The lowest BCUT2D eigenvalue weighted by atomic mass is 9.87. The molecule has 1 atom stereocenters. The van der Waals surface area contributed by atoms with Crippen molar-refractivity contribution in [2.45, 2.75) is 63.4 Å². The van der Waals surface area contributed by atoms with Crippen LogP contribution in [0.2, 0.25) is 0 Å². The van der Waals surface area contributed by atoms with E-state index in [2.05, 4.69) is 46.7 Å². The second kappa shape index (κ2) is 4.32. The molecule has 2 heterocycles. The van der Waals surface area contributed by atoms with Crippen molar-refractivity contribution in [3.63, 3.8) is 0 Å². The molecule has 0 saturated carbocycles. The van der Waals surface area contributed by atoms with E-state index >= 15 is 0 Å². The van der Waals surface area contributed by atoms with E-state index in [1.54, 1.807) is 0 Å². The smallest absolute Gasteiger partial charge is 0.400 e. The summed E-state index contributed by atoms with van der Waals surface area (Å²) < 4.78 is 12.2. The fourth-order valence-corrected chi connectivity index (χ4v) is 3.40. The summed E-state index contributed by atoms with van der Waals surface area (Å²) in [6.45, 7) is 10.7. The highest BCUT2D eigenvalue weighted by Gasteiger charge is 2.50. The van der Waals surface area contributed by atoms with Crippen LogP contribution in [-0.2, 0) is 9.31 Å². The van der Waals surface area contributed by atoms with Gasteiger partial charge in [0.05, 0.1) is 11.2 Å². The molecule has 1 unspecified atom stereocenters. The second-order valence-electron chi connectivity index (χ2n) is 6.25. The van der Waals surface area contributed by atoms with Crippen molar-refractivity contribution in [3.8, 4) is 0 Å². The Morgan fingerprint density at radius 3 is 2.12 bits per heavy atom. The molecule has 0 bridgehead atoms. The van der Waals surface area contributed by atoms with Crippen molar-refractivity contribution in [3.05, 3.63) is 12.1 Å². The van der Waals surface area contributed by atoms with E-state index in [9.17, 15) is 0 Å². The van der Waals surface area contributed by atoms with Crippen LogP contribution in [0.1, 0.15) is 47.5 Å². The minimum absolute atomic E-state index is 0.196. The Balaban J connectivity index is 2.00. The molecule has 2 rings (SSSR count). The predicted octanol–water partition coefficient (Wildman–Crippen LogP) is 3.46. The van der Waals surface area contributed by atoms with Crippen LogP contribution in [0.5, 0.6) is 0 Å². The normalized spacial score (nSPS) is 35.9. The Bertz CT molecular complexity index is 303. The molecule has 2 fully saturated rings. The van der Waals surface area contributed by atoms with Crippen molar-refractivity contribution in [1.82, 2.24) is 0 Å². The van der Waals surface area contributed by atoms with Crippen LogP contribution in [0.25, 0.3) is 0 Å². The van der Waals surface area contributed by atoms with E-state index in [0.29, 0.717) is 0 Å². The van der Waals surface area contributed by atoms with E-state index in [4.69, 9.17) is 9.31 Å². The van der Waals surface area contributed by atoms with Gasteiger partial charge in [-0.1, -0.05) is 12.1 Å². The average molecular weight is 254 g/mol. The summed E-state index contributed by atoms with van der Waals surface area (Å²) in [7, 11) is -0.196. The van der Waals surface area contributed by atoms with Gasteiger partial charge in [0.2, 0.25) is 0 Å². The van der Waals surface area contributed by atoms with E-state index in [1.165, 1.54) is 18.6 Å². The molecule has 0 aliphatic carbocycles. The molecular formula is C13H23BO2S. The first-order chi connectivity index (χ1) is 7.74. The molecule has 0 amide bonds. The highest BCUT2D eigenvalue weighted by Crippen LogP contribution is 2.40. The van der Waals surface area contributed by atoms with Gasteiger partial charge in [-0.05, 0) is 53.2 Å². The summed E-state index contributed by atoms with van der Waals surface area (Å²) in [5, 5.41) is 0. The number of hydrogen-bond donors (Lipinski definition) is 0. The molecular weight excluding hydrogens is 231 g/mol. The molecule has 2 aliphatic rings. The molecule has 2 aliphatic heterocycles. The van der Waals surface area contributed by atoms with Crippen LogP contribution >= 0.6 is 11.8 Å². The van der Waals surface area contributed by atoms with Crippen molar-refractivity contribution >= 4 is 18.9 Å². The van der Waals surface area contributed by atoms with Crippen molar-refractivity contribution in [2.24, 2.45) is 0 Å². The third-order valence-electron chi connectivity index (χ3n) is 4.13. The van der Waals surface area contributed by atoms with E-state index in [0.717, 1.165) is 0 Å². The average Bonchev–Trinajstić information content (AvgIpc) is 2.68. The zero-order valence-corrected chi connectivity index (χ0v) is 12.4. The third kappa shape index (κ3) is 2.74. The quantitative estimate of drug-likeness (QED) is 0.703. The molecule has 0 spiro atoms. The SMILES string of the molecule is CC1(/C=C/B2OC(C)(C)C(C)(C)O2)CCCS1. The van der Waals surface area contributed by atoms with Crippen LogP contribution < -0.4 is 0 Å². The van der Waals surface area contributed by atoms with Crippen molar-refractivity contribution < 1.29 is 9.31 Å². The highest BCUT2D eigenvalue weighted by molar-refractivity contribution is 8.01. The van der Waals surface area contributed by atoms with Gasteiger partial charge in [-0.2, -0.15) is 11.8 Å². The Hall–Kier alpha value is 0.0749. The number of thioether (sulfide) groups is 1. The predicted molar refractivity (Wildman–Crippen MR) is 75.3 cm³/mol. The maximum Gasteiger partial charge on any atom is 0.486 e. The van der Waals surface area contributed by atoms with Gasteiger partial charge in [0.1, 0.15) is 0 Å². The zero-order valence-electron chi connectivity index (χ0n) is 11.6. The Labute approximate surface area is 110 Å². The lowest BCUT2D eigenvalue weighted by molar-refractivity contribution is 0.00578. The van der Waals surface area contributed by atoms with Gasteiger partial charge in [0, 0.05) is 4.75 Å². The van der Waals surface area contributed by atoms with E-state index < -0.39 is 0 Å². The van der Waals surface area contributed by atoms with Crippen LogP contribution in [0.4, 0.5) is 0 Å². The first kappa shape index (κ1) is 13.5. The monoisotopic (exact) mass is 254 g/mol. The molecule has 0 radical (unpaired) electrons. The van der Waals surface area contributed by atoms with Gasteiger partial charge >= 0.3 is 7.12 Å². The minimum atomic E-state index is -0.230. The van der Waals surface area contributed by atoms with Crippen LogP contribution in [0.15, 0.2) is 12.1 Å². The minimum Gasteiger partial charge on any atom is -0.400 e. The summed E-state index contributed by atoms with van der Waals surface area (Å²) in [6.07, 6.45) is 4.84. The maximum atomic E-state index is 5.95. The van der Waals surface area contributed by atoms with Crippen LogP contribution in [0, 0.1) is 0 Å². The molecule has 0 aromatic rings. The topological polar surface area (TPSA) is 18.5 Å². The van der Waals surface area contributed by atoms with Gasteiger partial charge in [-0.15, -0.1) is 0 Å². The third-order valence-corrected chi connectivity index (χ3v) is 5.62. The molecule has 0 N–H and O–H groups in total. The lowest BCUT2D eigenvalue weighted by Crippen LogP contribution is -2.41. The highest BCUT2D eigenvalue weighted by atomic mass is 32.2. The van der Waals surface area contributed by atoms with Gasteiger partial charge < -0.3 is 9.31 Å². The fourth-order valence-electron chi connectivity index (χ4n) is 2.18. The standard InChI is InChI=1S/C13H23BO2S/c1-11(2)12(3,4)16-14(15-11)9-8-13(5)7-6-10-17-13/h8-9H,6-7,10H2,1-5H3/b9-8+. The largest absolute Gasteiger partial charge is 0.486 e. The van der Waals surface area contributed by atoms with Gasteiger partial charge in [0.15, 0.2) is 0 Å². The molecule has 0 aromatic heterocycles. The summed E-state index contributed by atoms with van der Waals surface area (Å²) in [5.74, 6) is 3.36. The van der Waals surface area contributed by atoms with Gasteiger partial charge in [-0.3, -0.25) is 0 Å². The Kier molecular flexibility index (Phi) is 3.43. The van der Waals surface area contributed by atoms with Crippen LogP contribution in [-0.4, -0.2) is 28.8 Å². The van der Waals surface area contributed by atoms with E-state index in [1.807, 2.05) is 11.8 Å². The molecule has 17 heavy (non-hydrogen) atoms.